The van der Waals surface area contributed by atoms with Gasteiger partial charge in [0, 0.05) is 33.0 Å². The van der Waals surface area contributed by atoms with Crippen molar-refractivity contribution in [1.29, 1.82) is 0 Å². The normalized spacial score (nSPS) is 11.7. The van der Waals surface area contributed by atoms with Gasteiger partial charge >= 0.3 is 0 Å². The lowest BCUT2D eigenvalue weighted by Gasteiger charge is -2.13. The minimum atomic E-state index is 0.607. The van der Waals surface area contributed by atoms with Gasteiger partial charge in [0.1, 0.15) is 5.52 Å². The second-order valence-electron chi connectivity index (χ2n) is 15.0. The average molecular weight is 753 g/mol. The highest BCUT2D eigenvalue weighted by Crippen LogP contribution is 2.41. The lowest BCUT2D eigenvalue weighted by atomic mass is 9.93. The highest BCUT2D eigenvalue weighted by atomic mass is 16.3. The number of fused-ring (bicyclic) bond motifs is 9. The summed E-state index contributed by atoms with van der Waals surface area (Å²) in [7, 11) is 0. The van der Waals surface area contributed by atoms with Crippen LogP contribution < -0.4 is 0 Å². The molecule has 0 unspecified atom stereocenters. The molecule has 0 atom stereocenters. The van der Waals surface area contributed by atoms with Crippen LogP contribution in [0.1, 0.15) is 0 Å². The second-order valence-corrected chi connectivity index (χ2v) is 15.0. The Morgan fingerprint density at radius 1 is 0.305 bits per heavy atom. The third-order valence-corrected chi connectivity index (χ3v) is 11.5. The van der Waals surface area contributed by atoms with Crippen LogP contribution in [-0.2, 0) is 0 Å². The number of rotatable bonds is 5. The summed E-state index contributed by atoms with van der Waals surface area (Å²) in [5.41, 5.74) is 7.71. The Balaban J connectivity index is 1.07. The van der Waals surface area contributed by atoms with Crippen LogP contribution in [0.25, 0.3) is 122 Å². The van der Waals surface area contributed by atoms with Crippen LogP contribution in [0.15, 0.2) is 199 Å². The van der Waals surface area contributed by atoms with Crippen LogP contribution in [-0.4, -0.2) is 19.9 Å². The summed E-state index contributed by atoms with van der Waals surface area (Å²) in [5.74, 6) is 2.46. The minimum absolute atomic E-state index is 0.607. The fraction of sp³-hybridized carbons (Fsp3) is 0. The molecule has 10 aromatic carbocycles. The number of oxazole rings is 1. The van der Waals surface area contributed by atoms with Crippen molar-refractivity contribution in [2.75, 3.05) is 0 Å². The molecule has 0 N–H and O–H groups in total. The Morgan fingerprint density at radius 2 is 0.847 bits per heavy atom. The Bertz CT molecular complexity index is 3610. The molecule has 0 spiro atoms. The van der Waals surface area contributed by atoms with Crippen molar-refractivity contribution >= 4 is 65.0 Å². The van der Waals surface area contributed by atoms with E-state index in [-0.39, 0.29) is 0 Å². The van der Waals surface area contributed by atoms with E-state index in [1.165, 1.54) is 16.5 Å². The molecule has 0 saturated carbocycles. The van der Waals surface area contributed by atoms with Gasteiger partial charge < -0.3 is 4.42 Å². The molecule has 5 heteroatoms. The summed E-state index contributed by atoms with van der Waals surface area (Å²) >= 11 is 0. The Morgan fingerprint density at radius 3 is 1.59 bits per heavy atom. The fourth-order valence-electron chi connectivity index (χ4n) is 8.55. The number of aromatic nitrogens is 4. The molecule has 0 amide bonds. The van der Waals surface area contributed by atoms with Crippen molar-refractivity contribution in [3.63, 3.8) is 0 Å². The predicted octanol–water partition coefficient (Wildman–Crippen LogP) is 14.1. The van der Waals surface area contributed by atoms with Gasteiger partial charge in [0.2, 0.25) is 5.89 Å². The number of hydrogen-bond donors (Lipinski definition) is 0. The number of hydrogen-bond acceptors (Lipinski definition) is 5. The first-order valence-corrected chi connectivity index (χ1v) is 19.8. The second kappa shape index (κ2) is 13.3. The monoisotopic (exact) mass is 752 g/mol. The summed E-state index contributed by atoms with van der Waals surface area (Å²) in [6, 6.07) is 67.7. The summed E-state index contributed by atoms with van der Waals surface area (Å²) in [5, 5.41) is 11.1. The Kier molecular flexibility index (Phi) is 7.47. The average Bonchev–Trinajstić information content (AvgIpc) is 3.76. The van der Waals surface area contributed by atoms with Gasteiger partial charge in [-0.05, 0) is 90.6 Å². The maximum Gasteiger partial charge on any atom is 0.227 e. The van der Waals surface area contributed by atoms with Crippen LogP contribution in [0.5, 0.6) is 0 Å². The molecule has 12 rings (SSSR count). The predicted molar refractivity (Wildman–Crippen MR) is 242 cm³/mol. The zero-order chi connectivity index (χ0) is 38.9. The van der Waals surface area contributed by atoms with E-state index in [9.17, 15) is 0 Å². The molecule has 59 heavy (non-hydrogen) atoms. The van der Waals surface area contributed by atoms with Crippen LogP contribution in [0, 0.1) is 0 Å². The molecule has 0 aliphatic heterocycles. The molecule has 2 heterocycles. The van der Waals surface area contributed by atoms with Crippen molar-refractivity contribution in [2.24, 2.45) is 0 Å². The molecular formula is C54H32N4O. The first-order chi connectivity index (χ1) is 29.2. The van der Waals surface area contributed by atoms with E-state index in [1.807, 2.05) is 42.5 Å². The van der Waals surface area contributed by atoms with Gasteiger partial charge in [-0.15, -0.1) is 0 Å². The van der Waals surface area contributed by atoms with Crippen LogP contribution >= 0.6 is 0 Å². The van der Waals surface area contributed by atoms with E-state index in [0.717, 1.165) is 81.8 Å². The molecule has 0 saturated heterocycles. The first kappa shape index (κ1) is 33.2. The maximum absolute atomic E-state index is 6.61. The molecule has 0 fully saturated rings. The van der Waals surface area contributed by atoms with E-state index in [1.54, 1.807) is 0 Å². The van der Waals surface area contributed by atoms with Gasteiger partial charge in [0.15, 0.2) is 23.1 Å². The lowest BCUT2D eigenvalue weighted by molar-refractivity contribution is 0.623. The molecule has 274 valence electrons. The zero-order valence-corrected chi connectivity index (χ0v) is 31.7. The van der Waals surface area contributed by atoms with E-state index < -0.39 is 0 Å². The van der Waals surface area contributed by atoms with Gasteiger partial charge in [-0.2, -0.15) is 0 Å². The standard InChI is InChI=1S/C54H32N4O/c1-3-10-33(11-4-1)39-21-22-41-32-43(25-23-40(41)30-39)52-56-51(42-24-18-34-12-7-8-15-38(34)31-42)57-53(58-52)46-17-9-16-45-44(46)28-26-35-19-20-36-27-29-47-50(49(36)48(35)45)59-54(55-47)37-13-5-2-6-14-37/h1-32H. The van der Waals surface area contributed by atoms with Crippen molar-refractivity contribution in [3.8, 4) is 56.7 Å². The molecule has 12 aromatic rings. The van der Waals surface area contributed by atoms with E-state index in [0.29, 0.717) is 23.4 Å². The van der Waals surface area contributed by atoms with Crippen LogP contribution in [0.3, 0.4) is 0 Å². The molecule has 0 aliphatic carbocycles. The lowest BCUT2D eigenvalue weighted by Crippen LogP contribution is -2.00. The highest BCUT2D eigenvalue weighted by molar-refractivity contribution is 6.27. The van der Waals surface area contributed by atoms with Crippen molar-refractivity contribution < 1.29 is 4.42 Å². The molecule has 0 aliphatic rings. The van der Waals surface area contributed by atoms with Crippen LogP contribution in [0.2, 0.25) is 0 Å². The molecule has 5 nitrogen and oxygen atoms in total. The Hall–Kier alpha value is -8.02. The first-order valence-electron chi connectivity index (χ1n) is 19.8. The summed E-state index contributed by atoms with van der Waals surface area (Å²) < 4.78 is 6.61. The maximum atomic E-state index is 6.61. The van der Waals surface area contributed by atoms with Gasteiger partial charge in [0.25, 0.3) is 0 Å². The molecule has 0 bridgehead atoms. The quantitative estimate of drug-likeness (QED) is 0.164. The van der Waals surface area contributed by atoms with Crippen molar-refractivity contribution in [2.45, 2.75) is 0 Å². The van der Waals surface area contributed by atoms with Gasteiger partial charge in [-0.3, -0.25) is 0 Å². The highest BCUT2D eigenvalue weighted by Gasteiger charge is 2.19. The van der Waals surface area contributed by atoms with E-state index in [2.05, 4.69) is 152 Å². The SMILES string of the molecule is c1ccc(-c2ccc3cc(-c4nc(-c5ccc6ccccc6c5)nc(-c5cccc6c5ccc5ccc7ccc8nc(-c9ccccc9)oc8c7c56)n4)ccc3c2)cc1. The van der Waals surface area contributed by atoms with Gasteiger partial charge in [-0.25, -0.2) is 19.9 Å². The number of benzene rings is 10. The Labute approximate surface area is 338 Å². The number of nitrogens with zero attached hydrogens (tertiary/aromatic N) is 4. The smallest absolute Gasteiger partial charge is 0.227 e. The summed E-state index contributed by atoms with van der Waals surface area (Å²) in [4.78, 5) is 20.6. The van der Waals surface area contributed by atoms with Gasteiger partial charge in [0.05, 0.1) is 0 Å². The topological polar surface area (TPSA) is 64.7 Å². The summed E-state index contributed by atoms with van der Waals surface area (Å²) in [6.07, 6.45) is 0. The van der Waals surface area contributed by atoms with E-state index in [4.69, 9.17) is 24.4 Å². The molecule has 0 radical (unpaired) electrons. The fourth-order valence-corrected chi connectivity index (χ4v) is 8.55. The zero-order valence-electron chi connectivity index (χ0n) is 31.7. The largest absolute Gasteiger partial charge is 0.435 e. The minimum Gasteiger partial charge on any atom is -0.435 e. The summed E-state index contributed by atoms with van der Waals surface area (Å²) in [6.45, 7) is 0. The molecule has 2 aromatic heterocycles. The third kappa shape index (κ3) is 5.63. The van der Waals surface area contributed by atoms with Crippen molar-refractivity contribution in [1.82, 2.24) is 19.9 Å². The third-order valence-electron chi connectivity index (χ3n) is 11.5. The van der Waals surface area contributed by atoms with Crippen LogP contribution in [0.4, 0.5) is 0 Å². The van der Waals surface area contributed by atoms with Crippen molar-refractivity contribution in [3.05, 3.63) is 194 Å². The van der Waals surface area contributed by atoms with E-state index >= 15 is 0 Å². The van der Waals surface area contributed by atoms with Gasteiger partial charge in [-0.1, -0.05) is 158 Å². The molecular weight excluding hydrogens is 721 g/mol.